The molecule has 0 aromatic heterocycles. The third kappa shape index (κ3) is 2.56. The molecule has 0 saturated carbocycles. The lowest BCUT2D eigenvalue weighted by molar-refractivity contribution is -0.131. The van der Waals surface area contributed by atoms with Crippen LogP contribution in [0.25, 0.3) is 6.08 Å². The van der Waals surface area contributed by atoms with Crippen LogP contribution in [0, 0.1) is 0 Å². The lowest BCUT2D eigenvalue weighted by Gasteiger charge is -2.36. The zero-order valence-corrected chi connectivity index (χ0v) is 10.9. The SMILES string of the molecule is O=C(/C=C/c1ccccc1)N1C2CCC1CC(O)C2. The molecule has 1 N–H and O–H groups in total. The van der Waals surface area contributed by atoms with E-state index in [9.17, 15) is 9.90 Å². The van der Waals surface area contributed by atoms with E-state index in [1.165, 1.54) is 0 Å². The largest absolute Gasteiger partial charge is 0.393 e. The fraction of sp³-hybridized carbons (Fsp3) is 0.438. The van der Waals surface area contributed by atoms with Gasteiger partial charge in [0.15, 0.2) is 0 Å². The molecule has 2 aliphatic rings. The number of fused-ring (bicyclic) bond motifs is 2. The van der Waals surface area contributed by atoms with Crippen LogP contribution in [0.3, 0.4) is 0 Å². The molecule has 0 aliphatic carbocycles. The summed E-state index contributed by atoms with van der Waals surface area (Å²) in [5.41, 5.74) is 1.04. The minimum atomic E-state index is -0.223. The molecule has 3 nitrogen and oxygen atoms in total. The molecule has 0 spiro atoms. The van der Waals surface area contributed by atoms with Gasteiger partial charge in [0.1, 0.15) is 0 Å². The molecular weight excluding hydrogens is 238 g/mol. The van der Waals surface area contributed by atoms with Gasteiger partial charge in [-0.3, -0.25) is 4.79 Å². The average molecular weight is 257 g/mol. The molecule has 0 radical (unpaired) electrons. The summed E-state index contributed by atoms with van der Waals surface area (Å²) in [6.07, 6.45) is 6.85. The highest BCUT2D eigenvalue weighted by Crippen LogP contribution is 2.35. The monoisotopic (exact) mass is 257 g/mol. The highest BCUT2D eigenvalue weighted by molar-refractivity contribution is 5.92. The van der Waals surface area contributed by atoms with Crippen molar-refractivity contribution in [1.82, 2.24) is 4.90 Å². The molecule has 2 fully saturated rings. The van der Waals surface area contributed by atoms with Crippen molar-refractivity contribution in [2.75, 3.05) is 0 Å². The van der Waals surface area contributed by atoms with Crippen molar-refractivity contribution >= 4 is 12.0 Å². The molecule has 19 heavy (non-hydrogen) atoms. The van der Waals surface area contributed by atoms with E-state index >= 15 is 0 Å². The van der Waals surface area contributed by atoms with Crippen molar-refractivity contribution in [3.05, 3.63) is 42.0 Å². The molecule has 100 valence electrons. The van der Waals surface area contributed by atoms with Gasteiger partial charge in [-0.25, -0.2) is 0 Å². The Balaban J connectivity index is 1.70. The van der Waals surface area contributed by atoms with Crippen molar-refractivity contribution in [1.29, 1.82) is 0 Å². The molecule has 2 aliphatic heterocycles. The number of piperidine rings is 1. The normalized spacial score (nSPS) is 29.9. The summed E-state index contributed by atoms with van der Waals surface area (Å²) in [5.74, 6) is 0.0863. The van der Waals surface area contributed by atoms with Gasteiger partial charge in [0.2, 0.25) is 5.91 Å². The molecule has 2 unspecified atom stereocenters. The summed E-state index contributed by atoms with van der Waals surface area (Å²) in [5, 5.41) is 9.74. The number of aliphatic hydroxyl groups excluding tert-OH is 1. The maximum absolute atomic E-state index is 12.3. The third-order valence-corrected chi connectivity index (χ3v) is 4.18. The van der Waals surface area contributed by atoms with Crippen molar-refractivity contribution in [2.24, 2.45) is 0 Å². The molecule has 2 atom stereocenters. The van der Waals surface area contributed by atoms with E-state index in [4.69, 9.17) is 0 Å². The standard InChI is InChI=1S/C16H19NO2/c18-15-10-13-7-8-14(11-15)17(13)16(19)9-6-12-4-2-1-3-5-12/h1-6,9,13-15,18H,7-8,10-11H2/b9-6+. The van der Waals surface area contributed by atoms with Crippen LogP contribution in [0.2, 0.25) is 0 Å². The molecule has 2 heterocycles. The van der Waals surface area contributed by atoms with Crippen LogP contribution in [-0.2, 0) is 4.79 Å². The van der Waals surface area contributed by atoms with E-state index in [1.807, 2.05) is 41.3 Å². The van der Waals surface area contributed by atoms with Crippen LogP contribution < -0.4 is 0 Å². The quantitative estimate of drug-likeness (QED) is 0.825. The molecule has 3 heteroatoms. The fourth-order valence-corrected chi connectivity index (χ4v) is 3.33. The summed E-state index contributed by atoms with van der Waals surface area (Å²) in [6, 6.07) is 10.3. The lowest BCUT2D eigenvalue weighted by atomic mass is 10.00. The van der Waals surface area contributed by atoms with Gasteiger partial charge in [0.25, 0.3) is 0 Å². The second kappa shape index (κ2) is 5.17. The van der Waals surface area contributed by atoms with E-state index in [-0.39, 0.29) is 24.1 Å². The van der Waals surface area contributed by atoms with Gasteiger partial charge in [0, 0.05) is 18.2 Å². The Morgan fingerprint density at radius 3 is 2.42 bits per heavy atom. The zero-order valence-electron chi connectivity index (χ0n) is 10.9. The van der Waals surface area contributed by atoms with E-state index in [2.05, 4.69) is 0 Å². The van der Waals surface area contributed by atoms with E-state index in [1.54, 1.807) is 6.08 Å². The summed E-state index contributed by atoms with van der Waals surface area (Å²) in [7, 11) is 0. The van der Waals surface area contributed by atoms with Gasteiger partial charge >= 0.3 is 0 Å². The van der Waals surface area contributed by atoms with Crippen LogP contribution in [0.4, 0.5) is 0 Å². The van der Waals surface area contributed by atoms with Gasteiger partial charge in [-0.2, -0.15) is 0 Å². The van der Waals surface area contributed by atoms with Crippen LogP contribution in [0.15, 0.2) is 36.4 Å². The minimum Gasteiger partial charge on any atom is -0.393 e. The van der Waals surface area contributed by atoms with Gasteiger partial charge in [-0.05, 0) is 37.3 Å². The number of amides is 1. The Hall–Kier alpha value is -1.61. The number of nitrogens with zero attached hydrogens (tertiary/aromatic N) is 1. The number of benzene rings is 1. The molecular formula is C16H19NO2. The number of carbonyl (C=O) groups is 1. The first-order valence-corrected chi connectivity index (χ1v) is 6.97. The van der Waals surface area contributed by atoms with Crippen LogP contribution in [0.1, 0.15) is 31.2 Å². The number of hydrogen-bond acceptors (Lipinski definition) is 2. The van der Waals surface area contributed by atoms with Crippen molar-refractivity contribution < 1.29 is 9.90 Å². The van der Waals surface area contributed by atoms with Crippen LogP contribution in [-0.4, -0.2) is 34.1 Å². The van der Waals surface area contributed by atoms with Gasteiger partial charge in [-0.1, -0.05) is 30.3 Å². The Kier molecular flexibility index (Phi) is 3.38. The Morgan fingerprint density at radius 2 is 1.79 bits per heavy atom. The Morgan fingerprint density at radius 1 is 1.16 bits per heavy atom. The first-order valence-electron chi connectivity index (χ1n) is 6.97. The lowest BCUT2D eigenvalue weighted by Crippen LogP contribution is -2.47. The molecule has 1 amide bonds. The van der Waals surface area contributed by atoms with Crippen molar-refractivity contribution in [3.8, 4) is 0 Å². The van der Waals surface area contributed by atoms with Gasteiger partial charge in [0.05, 0.1) is 6.10 Å². The maximum atomic E-state index is 12.3. The fourth-order valence-electron chi connectivity index (χ4n) is 3.33. The second-order valence-corrected chi connectivity index (χ2v) is 5.50. The topological polar surface area (TPSA) is 40.5 Å². The second-order valence-electron chi connectivity index (χ2n) is 5.50. The van der Waals surface area contributed by atoms with Crippen LogP contribution >= 0.6 is 0 Å². The first-order chi connectivity index (χ1) is 9.24. The Labute approximate surface area is 113 Å². The number of hydrogen-bond donors (Lipinski definition) is 1. The first kappa shape index (κ1) is 12.4. The average Bonchev–Trinajstić information content (AvgIpc) is 2.70. The highest BCUT2D eigenvalue weighted by Gasteiger charge is 2.41. The highest BCUT2D eigenvalue weighted by atomic mass is 16.3. The third-order valence-electron chi connectivity index (χ3n) is 4.18. The predicted molar refractivity (Wildman–Crippen MR) is 74.4 cm³/mol. The molecule has 1 aromatic rings. The van der Waals surface area contributed by atoms with Crippen molar-refractivity contribution in [2.45, 2.75) is 43.9 Å². The smallest absolute Gasteiger partial charge is 0.247 e. The van der Waals surface area contributed by atoms with E-state index in [0.717, 1.165) is 31.2 Å². The molecule has 3 rings (SSSR count). The molecule has 2 bridgehead atoms. The van der Waals surface area contributed by atoms with Gasteiger partial charge in [-0.15, -0.1) is 0 Å². The zero-order chi connectivity index (χ0) is 13.2. The molecule has 2 saturated heterocycles. The Bertz CT molecular complexity index is 469. The maximum Gasteiger partial charge on any atom is 0.247 e. The minimum absolute atomic E-state index is 0.0863. The van der Waals surface area contributed by atoms with Crippen LogP contribution in [0.5, 0.6) is 0 Å². The number of aliphatic hydroxyl groups is 1. The number of rotatable bonds is 2. The van der Waals surface area contributed by atoms with Gasteiger partial charge < -0.3 is 10.0 Å². The van der Waals surface area contributed by atoms with E-state index in [0.29, 0.717) is 0 Å². The predicted octanol–water partition coefficient (Wildman–Crippen LogP) is 2.21. The summed E-state index contributed by atoms with van der Waals surface area (Å²) in [4.78, 5) is 14.3. The van der Waals surface area contributed by atoms with Crippen molar-refractivity contribution in [3.63, 3.8) is 0 Å². The number of carbonyl (C=O) groups excluding carboxylic acids is 1. The summed E-state index contributed by atoms with van der Waals surface area (Å²) < 4.78 is 0. The summed E-state index contributed by atoms with van der Waals surface area (Å²) in [6.45, 7) is 0. The summed E-state index contributed by atoms with van der Waals surface area (Å²) >= 11 is 0. The van der Waals surface area contributed by atoms with E-state index < -0.39 is 0 Å². The molecule has 1 aromatic carbocycles.